The summed E-state index contributed by atoms with van der Waals surface area (Å²) in [7, 11) is -3.99. The van der Waals surface area contributed by atoms with E-state index in [1.165, 1.54) is 18.3 Å². The van der Waals surface area contributed by atoms with Crippen molar-refractivity contribution in [3.05, 3.63) is 47.3 Å². The normalized spacial score (nSPS) is 17.5. The molecule has 33 heavy (non-hydrogen) atoms. The van der Waals surface area contributed by atoms with Gasteiger partial charge in [0.15, 0.2) is 0 Å². The van der Waals surface area contributed by atoms with Crippen molar-refractivity contribution in [2.75, 3.05) is 6.54 Å². The number of halogens is 3. The first-order chi connectivity index (χ1) is 15.6. The van der Waals surface area contributed by atoms with Gasteiger partial charge in [-0.1, -0.05) is 31.0 Å². The van der Waals surface area contributed by atoms with Crippen molar-refractivity contribution in [3.63, 3.8) is 0 Å². The SMILES string of the molecule is CCN(Cc1cnc(S(=O)(=O)Cc2cccc(C(F)(F)F)c2)n1C1CC1)C(=O)C1CCCC1. The quantitative estimate of drug-likeness (QED) is 0.543. The second-order valence-electron chi connectivity index (χ2n) is 8.92. The third-order valence-electron chi connectivity index (χ3n) is 6.39. The molecular formula is C23H28F3N3O3S. The van der Waals surface area contributed by atoms with E-state index >= 15 is 0 Å². The third kappa shape index (κ3) is 5.26. The zero-order valence-corrected chi connectivity index (χ0v) is 19.3. The van der Waals surface area contributed by atoms with Crippen LogP contribution in [0.3, 0.4) is 0 Å². The number of hydrogen-bond acceptors (Lipinski definition) is 4. The molecule has 0 unspecified atom stereocenters. The maximum Gasteiger partial charge on any atom is 0.416 e. The molecule has 1 aromatic heterocycles. The average molecular weight is 484 g/mol. The van der Waals surface area contributed by atoms with Crippen LogP contribution in [0.2, 0.25) is 0 Å². The van der Waals surface area contributed by atoms with Crippen LogP contribution in [0.4, 0.5) is 13.2 Å². The van der Waals surface area contributed by atoms with Gasteiger partial charge < -0.3 is 9.47 Å². The van der Waals surface area contributed by atoms with Crippen LogP contribution < -0.4 is 0 Å². The summed E-state index contributed by atoms with van der Waals surface area (Å²) in [6, 6.07) is 4.34. The molecule has 0 saturated heterocycles. The fourth-order valence-electron chi connectivity index (χ4n) is 4.54. The standard InChI is InChI=1S/C23H28F3N3O3S/c1-2-28(21(30)17-7-3-4-8-17)14-20-13-27-22(29(20)19-10-11-19)33(31,32)15-16-6-5-9-18(12-16)23(24,25)26/h5-6,9,12-13,17,19H,2-4,7-8,10-11,14-15H2,1H3. The van der Waals surface area contributed by atoms with Gasteiger partial charge in [-0.2, -0.15) is 13.2 Å². The lowest BCUT2D eigenvalue weighted by Gasteiger charge is -2.25. The Morgan fingerprint density at radius 2 is 1.88 bits per heavy atom. The number of aromatic nitrogens is 2. The fourth-order valence-corrected chi connectivity index (χ4v) is 6.07. The molecule has 0 spiro atoms. The first kappa shape index (κ1) is 23.8. The molecular weight excluding hydrogens is 455 g/mol. The molecule has 2 aliphatic carbocycles. The van der Waals surface area contributed by atoms with Crippen molar-refractivity contribution in [2.45, 2.75) is 75.1 Å². The van der Waals surface area contributed by atoms with Gasteiger partial charge in [-0.25, -0.2) is 13.4 Å². The van der Waals surface area contributed by atoms with E-state index < -0.39 is 27.3 Å². The fraction of sp³-hybridized carbons (Fsp3) is 0.565. The Morgan fingerprint density at radius 1 is 1.18 bits per heavy atom. The van der Waals surface area contributed by atoms with E-state index in [4.69, 9.17) is 0 Å². The van der Waals surface area contributed by atoms with Crippen molar-refractivity contribution in [1.82, 2.24) is 14.5 Å². The van der Waals surface area contributed by atoms with Crippen LogP contribution >= 0.6 is 0 Å². The zero-order chi connectivity index (χ0) is 23.8. The van der Waals surface area contributed by atoms with Crippen LogP contribution in [0.1, 0.15) is 68.3 Å². The van der Waals surface area contributed by atoms with Gasteiger partial charge in [-0.3, -0.25) is 4.79 Å². The minimum Gasteiger partial charge on any atom is -0.337 e. The minimum atomic E-state index is -4.55. The topological polar surface area (TPSA) is 72.3 Å². The molecule has 0 N–H and O–H groups in total. The van der Waals surface area contributed by atoms with Crippen LogP contribution in [0.5, 0.6) is 0 Å². The number of nitrogens with zero attached hydrogens (tertiary/aromatic N) is 3. The van der Waals surface area contributed by atoms with Crippen LogP contribution in [0.15, 0.2) is 35.6 Å². The lowest BCUT2D eigenvalue weighted by atomic mass is 10.1. The molecule has 1 amide bonds. The number of amides is 1. The predicted molar refractivity (Wildman–Crippen MR) is 116 cm³/mol. The van der Waals surface area contributed by atoms with E-state index in [0.29, 0.717) is 12.2 Å². The van der Waals surface area contributed by atoms with Crippen LogP contribution in [-0.4, -0.2) is 35.3 Å². The monoisotopic (exact) mass is 483 g/mol. The van der Waals surface area contributed by atoms with Crippen molar-refractivity contribution in [3.8, 4) is 0 Å². The second kappa shape index (κ2) is 9.12. The van der Waals surface area contributed by atoms with Crippen LogP contribution in [0.25, 0.3) is 0 Å². The highest BCUT2D eigenvalue weighted by Gasteiger charge is 2.35. The van der Waals surface area contributed by atoms with Gasteiger partial charge in [-0.05, 0) is 44.2 Å². The van der Waals surface area contributed by atoms with Gasteiger partial charge in [0.05, 0.1) is 29.8 Å². The summed E-state index contributed by atoms with van der Waals surface area (Å²) in [6.07, 6.45) is 2.41. The van der Waals surface area contributed by atoms with Gasteiger partial charge in [0.2, 0.25) is 20.9 Å². The molecule has 2 saturated carbocycles. The van der Waals surface area contributed by atoms with Crippen molar-refractivity contribution >= 4 is 15.7 Å². The first-order valence-corrected chi connectivity index (χ1v) is 13.0. The van der Waals surface area contributed by atoms with Crippen molar-refractivity contribution in [2.24, 2.45) is 5.92 Å². The minimum absolute atomic E-state index is 0.0194. The Morgan fingerprint density at radius 3 is 2.48 bits per heavy atom. The summed E-state index contributed by atoms with van der Waals surface area (Å²) in [5.41, 5.74) is -0.179. The maximum absolute atomic E-state index is 13.2. The summed E-state index contributed by atoms with van der Waals surface area (Å²) < 4.78 is 67.2. The highest BCUT2D eigenvalue weighted by molar-refractivity contribution is 7.90. The smallest absolute Gasteiger partial charge is 0.337 e. The summed E-state index contributed by atoms with van der Waals surface area (Å²) in [5, 5.41) is -0.137. The predicted octanol–water partition coefficient (Wildman–Crippen LogP) is 4.75. The van der Waals surface area contributed by atoms with E-state index in [9.17, 15) is 26.4 Å². The molecule has 1 aromatic carbocycles. The van der Waals surface area contributed by atoms with Crippen LogP contribution in [0, 0.1) is 5.92 Å². The Balaban J connectivity index is 1.59. The Bertz CT molecular complexity index is 1120. The number of benzene rings is 1. The van der Waals surface area contributed by atoms with Crippen molar-refractivity contribution < 1.29 is 26.4 Å². The number of carbonyl (C=O) groups is 1. The summed E-state index contributed by atoms with van der Waals surface area (Å²) >= 11 is 0. The Hall–Kier alpha value is -2.36. The molecule has 2 fully saturated rings. The molecule has 10 heteroatoms. The van der Waals surface area contributed by atoms with Crippen molar-refractivity contribution in [1.29, 1.82) is 0 Å². The van der Waals surface area contributed by atoms with Gasteiger partial charge in [0.1, 0.15) is 0 Å². The zero-order valence-electron chi connectivity index (χ0n) is 18.5. The number of imidazole rings is 1. The molecule has 0 atom stereocenters. The van der Waals surface area contributed by atoms with E-state index in [-0.39, 0.29) is 35.1 Å². The molecule has 180 valence electrons. The van der Waals surface area contributed by atoms with Gasteiger partial charge >= 0.3 is 6.18 Å². The molecule has 4 rings (SSSR count). The molecule has 6 nitrogen and oxygen atoms in total. The number of carbonyl (C=O) groups excluding carboxylic acids is 1. The highest BCUT2D eigenvalue weighted by atomic mass is 32.2. The van der Waals surface area contributed by atoms with Crippen LogP contribution in [-0.2, 0) is 33.1 Å². The second-order valence-corrected chi connectivity index (χ2v) is 10.8. The molecule has 2 aliphatic rings. The van der Waals surface area contributed by atoms with Gasteiger partial charge in [0, 0.05) is 18.5 Å². The maximum atomic E-state index is 13.2. The number of sulfone groups is 1. The van der Waals surface area contributed by atoms with E-state index in [0.717, 1.165) is 50.7 Å². The molecule has 1 heterocycles. The molecule has 0 aliphatic heterocycles. The molecule has 2 aromatic rings. The number of rotatable bonds is 8. The third-order valence-corrected chi connectivity index (χ3v) is 7.96. The van der Waals surface area contributed by atoms with E-state index in [1.54, 1.807) is 9.47 Å². The van der Waals surface area contributed by atoms with E-state index in [2.05, 4.69) is 4.98 Å². The number of alkyl halides is 3. The highest BCUT2D eigenvalue weighted by Crippen LogP contribution is 2.39. The summed E-state index contributed by atoms with van der Waals surface area (Å²) in [6.45, 7) is 2.68. The van der Waals surface area contributed by atoms with E-state index in [1.807, 2.05) is 6.92 Å². The Kier molecular flexibility index (Phi) is 6.57. The average Bonchev–Trinajstić information content (AvgIpc) is 3.26. The van der Waals surface area contributed by atoms with Gasteiger partial charge in [0.25, 0.3) is 0 Å². The molecule has 0 bridgehead atoms. The summed E-state index contributed by atoms with van der Waals surface area (Å²) in [4.78, 5) is 18.8. The lowest BCUT2D eigenvalue weighted by Crippen LogP contribution is -2.35. The lowest BCUT2D eigenvalue weighted by molar-refractivity contribution is -0.137. The summed E-state index contributed by atoms with van der Waals surface area (Å²) in [5.74, 6) is -0.461. The first-order valence-electron chi connectivity index (χ1n) is 11.3. The Labute approximate surface area is 191 Å². The number of hydrogen-bond donors (Lipinski definition) is 0. The largest absolute Gasteiger partial charge is 0.416 e. The molecule has 0 radical (unpaired) electrons. The van der Waals surface area contributed by atoms with Gasteiger partial charge in [-0.15, -0.1) is 0 Å².